The molecule has 5 rings (SSSR count). The first-order chi connectivity index (χ1) is 15.6. The highest BCUT2D eigenvalue weighted by atomic mass is 16.5. The number of pyridine rings is 1. The molecule has 0 atom stereocenters. The van der Waals surface area contributed by atoms with Crippen LogP contribution in [0.5, 0.6) is 11.6 Å². The number of nitrogens with one attached hydrogen (secondary N) is 1. The van der Waals surface area contributed by atoms with Crippen molar-refractivity contribution in [3.05, 3.63) is 90.7 Å². The van der Waals surface area contributed by atoms with Crippen LogP contribution in [0.3, 0.4) is 0 Å². The average Bonchev–Trinajstić information content (AvgIpc) is 3.42. The topological polar surface area (TPSA) is 99.2 Å². The summed E-state index contributed by atoms with van der Waals surface area (Å²) in [5, 5.41) is 2.91. The molecule has 0 radical (unpaired) electrons. The maximum absolute atomic E-state index is 12.8. The van der Waals surface area contributed by atoms with Crippen molar-refractivity contribution in [3.63, 3.8) is 0 Å². The number of nitrogens with zero attached hydrogens (tertiary/aromatic N) is 6. The zero-order valence-corrected chi connectivity index (χ0v) is 17.4. The van der Waals surface area contributed by atoms with Gasteiger partial charge in [0, 0.05) is 30.3 Å². The van der Waals surface area contributed by atoms with Crippen LogP contribution in [-0.2, 0) is 0 Å². The zero-order valence-electron chi connectivity index (χ0n) is 17.4. The number of aromatic nitrogens is 6. The lowest BCUT2D eigenvalue weighted by molar-refractivity contribution is 0.102. The molecule has 5 aromatic rings. The number of ether oxygens (including phenoxy) is 1. The summed E-state index contributed by atoms with van der Waals surface area (Å²) < 4.78 is 9.45. The molecule has 0 unspecified atom stereocenters. The SMILES string of the molecule is Cc1nc(Oc2ccc(NC(=O)c3c(C)nc4ccccn34)cc2)cc(-n2ccnc2)n1. The molecule has 0 bridgehead atoms. The number of anilines is 1. The molecule has 1 amide bonds. The highest BCUT2D eigenvalue weighted by molar-refractivity contribution is 6.04. The fraction of sp³-hybridized carbons (Fsp3) is 0.0870. The standard InChI is InChI=1S/C23H19N7O2/c1-15-22(30-11-4-3-5-19(30)25-15)23(31)28-17-6-8-18(9-7-17)32-21-13-20(26-16(2)27-21)29-12-10-24-14-29/h3-14H,1-2H3,(H,28,31). The average molecular weight is 425 g/mol. The molecule has 0 fully saturated rings. The van der Waals surface area contributed by atoms with Crippen molar-refractivity contribution in [2.24, 2.45) is 0 Å². The minimum Gasteiger partial charge on any atom is -0.439 e. The number of carbonyl (C=O) groups excluding carboxylic acids is 1. The Balaban J connectivity index is 1.33. The summed E-state index contributed by atoms with van der Waals surface area (Å²) in [4.78, 5) is 30.0. The highest BCUT2D eigenvalue weighted by Gasteiger charge is 2.16. The van der Waals surface area contributed by atoms with Crippen molar-refractivity contribution in [1.82, 2.24) is 28.9 Å². The van der Waals surface area contributed by atoms with Crippen molar-refractivity contribution in [1.29, 1.82) is 0 Å². The lowest BCUT2D eigenvalue weighted by atomic mass is 10.2. The van der Waals surface area contributed by atoms with E-state index >= 15 is 0 Å². The van der Waals surface area contributed by atoms with Crippen molar-refractivity contribution in [3.8, 4) is 17.4 Å². The molecule has 0 aliphatic rings. The summed E-state index contributed by atoms with van der Waals surface area (Å²) in [5.41, 5.74) is 2.55. The van der Waals surface area contributed by atoms with Crippen LogP contribution in [0, 0.1) is 13.8 Å². The van der Waals surface area contributed by atoms with Gasteiger partial charge in [-0.2, -0.15) is 4.98 Å². The Kier molecular flexibility index (Phi) is 4.83. The van der Waals surface area contributed by atoms with Gasteiger partial charge in [0.2, 0.25) is 5.88 Å². The second-order valence-corrected chi connectivity index (χ2v) is 7.14. The summed E-state index contributed by atoms with van der Waals surface area (Å²) in [6.07, 6.45) is 6.96. The number of fused-ring (bicyclic) bond motifs is 1. The van der Waals surface area contributed by atoms with Gasteiger partial charge in [0.1, 0.15) is 35.1 Å². The van der Waals surface area contributed by atoms with Gasteiger partial charge >= 0.3 is 0 Å². The van der Waals surface area contributed by atoms with Crippen LogP contribution in [-0.4, -0.2) is 34.8 Å². The van der Waals surface area contributed by atoms with Crippen LogP contribution >= 0.6 is 0 Å². The first kappa shape index (κ1) is 19.4. The molecule has 9 nitrogen and oxygen atoms in total. The molecule has 0 spiro atoms. The number of benzene rings is 1. The molecule has 1 N–H and O–H groups in total. The van der Waals surface area contributed by atoms with Crippen LogP contribution in [0.4, 0.5) is 5.69 Å². The van der Waals surface area contributed by atoms with Crippen molar-refractivity contribution < 1.29 is 9.53 Å². The van der Waals surface area contributed by atoms with Gasteiger partial charge in [-0.15, -0.1) is 0 Å². The normalized spacial score (nSPS) is 10.9. The van der Waals surface area contributed by atoms with E-state index in [0.717, 1.165) is 5.65 Å². The summed E-state index contributed by atoms with van der Waals surface area (Å²) in [5.74, 6) is 2.02. The van der Waals surface area contributed by atoms with Gasteiger partial charge in [-0.3, -0.25) is 13.8 Å². The Hall–Kier alpha value is -4.53. The van der Waals surface area contributed by atoms with Crippen molar-refractivity contribution >= 4 is 17.2 Å². The van der Waals surface area contributed by atoms with E-state index in [9.17, 15) is 4.79 Å². The van der Waals surface area contributed by atoms with E-state index in [1.807, 2.05) is 31.3 Å². The number of imidazole rings is 2. The summed E-state index contributed by atoms with van der Waals surface area (Å²) in [6, 6.07) is 14.4. The predicted molar refractivity (Wildman–Crippen MR) is 118 cm³/mol. The second kappa shape index (κ2) is 7.95. The molecule has 4 aromatic heterocycles. The summed E-state index contributed by atoms with van der Waals surface area (Å²) >= 11 is 0. The number of hydrogen-bond acceptors (Lipinski definition) is 6. The van der Waals surface area contributed by atoms with Crippen molar-refractivity contribution in [2.45, 2.75) is 13.8 Å². The van der Waals surface area contributed by atoms with Gasteiger partial charge in [-0.05, 0) is 50.2 Å². The molecule has 0 saturated heterocycles. The Morgan fingerprint density at radius 3 is 2.62 bits per heavy atom. The maximum atomic E-state index is 12.8. The smallest absolute Gasteiger partial charge is 0.274 e. The third-order valence-corrected chi connectivity index (χ3v) is 4.82. The number of hydrogen-bond donors (Lipinski definition) is 1. The molecule has 32 heavy (non-hydrogen) atoms. The van der Waals surface area contributed by atoms with E-state index in [1.54, 1.807) is 64.9 Å². The van der Waals surface area contributed by atoms with Crippen LogP contribution in [0.15, 0.2) is 73.4 Å². The van der Waals surface area contributed by atoms with E-state index in [0.29, 0.717) is 40.3 Å². The van der Waals surface area contributed by atoms with Crippen LogP contribution in [0.25, 0.3) is 11.5 Å². The van der Waals surface area contributed by atoms with Gasteiger partial charge in [-0.25, -0.2) is 15.0 Å². The molecule has 0 aliphatic carbocycles. The minimum absolute atomic E-state index is 0.230. The quantitative estimate of drug-likeness (QED) is 0.457. The molecule has 9 heteroatoms. The number of carbonyl (C=O) groups is 1. The van der Waals surface area contributed by atoms with Crippen LogP contribution in [0.1, 0.15) is 22.0 Å². The first-order valence-corrected chi connectivity index (χ1v) is 9.94. The van der Waals surface area contributed by atoms with Gasteiger partial charge in [0.05, 0.1) is 5.69 Å². The Morgan fingerprint density at radius 1 is 1.00 bits per heavy atom. The number of rotatable bonds is 5. The van der Waals surface area contributed by atoms with Crippen molar-refractivity contribution in [2.75, 3.05) is 5.32 Å². The molecule has 0 aliphatic heterocycles. The van der Waals surface area contributed by atoms with Crippen LogP contribution in [0.2, 0.25) is 0 Å². The molecule has 4 heterocycles. The van der Waals surface area contributed by atoms with Crippen LogP contribution < -0.4 is 10.1 Å². The van der Waals surface area contributed by atoms with Gasteiger partial charge in [0.15, 0.2) is 0 Å². The molecule has 1 aromatic carbocycles. The lowest BCUT2D eigenvalue weighted by Gasteiger charge is -2.10. The van der Waals surface area contributed by atoms with Gasteiger partial charge in [0.25, 0.3) is 5.91 Å². The summed E-state index contributed by atoms with van der Waals surface area (Å²) in [6.45, 7) is 3.62. The monoisotopic (exact) mass is 425 g/mol. The second-order valence-electron chi connectivity index (χ2n) is 7.14. The molecule has 158 valence electrons. The van der Waals surface area contributed by atoms with Gasteiger partial charge in [-0.1, -0.05) is 6.07 Å². The lowest BCUT2D eigenvalue weighted by Crippen LogP contribution is -2.15. The van der Waals surface area contributed by atoms with Gasteiger partial charge < -0.3 is 10.1 Å². The fourth-order valence-corrected chi connectivity index (χ4v) is 3.41. The molecular weight excluding hydrogens is 406 g/mol. The number of aryl methyl sites for hydroxylation is 2. The predicted octanol–water partition coefficient (Wildman–Crippen LogP) is 3.97. The maximum Gasteiger partial charge on any atom is 0.274 e. The van der Waals surface area contributed by atoms with E-state index in [-0.39, 0.29) is 5.91 Å². The molecular formula is C23H19N7O2. The van der Waals surface area contributed by atoms with E-state index in [4.69, 9.17) is 4.74 Å². The summed E-state index contributed by atoms with van der Waals surface area (Å²) in [7, 11) is 0. The minimum atomic E-state index is -0.230. The highest BCUT2D eigenvalue weighted by Crippen LogP contribution is 2.23. The third-order valence-electron chi connectivity index (χ3n) is 4.82. The fourth-order valence-electron chi connectivity index (χ4n) is 3.41. The first-order valence-electron chi connectivity index (χ1n) is 9.94. The third kappa shape index (κ3) is 3.79. The Morgan fingerprint density at radius 2 is 1.84 bits per heavy atom. The van der Waals surface area contributed by atoms with E-state index in [1.165, 1.54) is 0 Å². The number of amides is 1. The Bertz CT molecular complexity index is 1410. The van der Waals surface area contributed by atoms with E-state index in [2.05, 4.69) is 25.3 Å². The Labute approximate surface area is 183 Å². The molecule has 0 saturated carbocycles. The zero-order chi connectivity index (χ0) is 22.1. The largest absolute Gasteiger partial charge is 0.439 e. The van der Waals surface area contributed by atoms with E-state index < -0.39 is 0 Å².